The molecule has 1 saturated carbocycles. The van der Waals surface area contributed by atoms with Crippen molar-refractivity contribution in [2.45, 2.75) is 45.1 Å². The van der Waals surface area contributed by atoms with Gasteiger partial charge >= 0.3 is 12.1 Å². The minimum atomic E-state index is -0.912. The smallest absolute Gasteiger partial charge is 0.407 e. The molecule has 0 spiro atoms. The van der Waals surface area contributed by atoms with Gasteiger partial charge in [-0.15, -0.1) is 0 Å². The first kappa shape index (κ1) is 19.5. The summed E-state index contributed by atoms with van der Waals surface area (Å²) in [5, 5.41) is 12.7. The number of alkyl carbamates (subject to hydrolysis) is 1. The molecule has 3 unspecified atom stereocenters. The van der Waals surface area contributed by atoms with Gasteiger partial charge < -0.3 is 15.2 Å². The number of rotatable bonds is 5. The van der Waals surface area contributed by atoms with Gasteiger partial charge in [-0.2, -0.15) is 0 Å². The lowest BCUT2D eigenvalue weighted by molar-refractivity contribution is -0.150. The van der Waals surface area contributed by atoms with Gasteiger partial charge in [0, 0.05) is 12.0 Å². The second-order valence-corrected chi connectivity index (χ2v) is 8.38. The molecule has 5 heteroatoms. The molecule has 0 radical (unpaired) electrons. The van der Waals surface area contributed by atoms with Crippen LogP contribution in [0.2, 0.25) is 0 Å². The van der Waals surface area contributed by atoms with Crippen LogP contribution in [0.4, 0.5) is 4.79 Å². The van der Waals surface area contributed by atoms with E-state index in [-0.39, 0.29) is 18.4 Å². The monoisotopic (exact) mass is 393 g/mol. The van der Waals surface area contributed by atoms with Crippen molar-refractivity contribution < 1.29 is 19.4 Å². The molecule has 5 nitrogen and oxygen atoms in total. The number of fused-ring (bicyclic) bond motifs is 3. The standard InChI is InChI=1S/C24H27NO4/c1-3-24(22(26)27)13-15(2)12-21(24)25-23(28)29-14-20-18-10-6-4-8-16(18)17-9-5-7-11-19(17)20/h4-11,15,20-21H,3,12-14H2,1-2H3,(H,25,28)(H,26,27). The van der Waals surface area contributed by atoms with Gasteiger partial charge in [0.25, 0.3) is 0 Å². The Morgan fingerprint density at radius 3 is 2.24 bits per heavy atom. The maximum absolute atomic E-state index is 12.6. The van der Waals surface area contributed by atoms with Crippen LogP contribution in [-0.2, 0) is 9.53 Å². The summed E-state index contributed by atoms with van der Waals surface area (Å²) in [4.78, 5) is 24.5. The zero-order valence-electron chi connectivity index (χ0n) is 16.9. The van der Waals surface area contributed by atoms with Crippen molar-refractivity contribution >= 4 is 12.1 Å². The van der Waals surface area contributed by atoms with Crippen LogP contribution in [0, 0.1) is 11.3 Å². The molecule has 2 aromatic carbocycles. The number of nitrogens with one attached hydrogen (secondary N) is 1. The van der Waals surface area contributed by atoms with Crippen LogP contribution in [0.3, 0.4) is 0 Å². The van der Waals surface area contributed by atoms with Crippen molar-refractivity contribution in [3.63, 3.8) is 0 Å². The average Bonchev–Trinajstić information content (AvgIpc) is 3.21. The number of hydrogen-bond donors (Lipinski definition) is 2. The highest BCUT2D eigenvalue weighted by atomic mass is 16.5. The highest BCUT2D eigenvalue weighted by Crippen LogP contribution is 2.46. The Bertz CT molecular complexity index is 894. The Kier molecular flexibility index (Phi) is 5.07. The molecule has 29 heavy (non-hydrogen) atoms. The molecule has 2 aliphatic carbocycles. The van der Waals surface area contributed by atoms with Crippen LogP contribution in [0.15, 0.2) is 48.5 Å². The Morgan fingerprint density at radius 2 is 1.69 bits per heavy atom. The molecule has 152 valence electrons. The summed E-state index contributed by atoms with van der Waals surface area (Å²) in [6.45, 7) is 4.14. The Hall–Kier alpha value is -2.82. The van der Waals surface area contributed by atoms with E-state index in [0.717, 1.165) is 11.1 Å². The van der Waals surface area contributed by atoms with Gasteiger partial charge in [-0.1, -0.05) is 62.4 Å². The van der Waals surface area contributed by atoms with E-state index in [4.69, 9.17) is 4.74 Å². The minimum absolute atomic E-state index is 0.00828. The molecule has 0 aromatic heterocycles. The number of carbonyl (C=O) groups is 2. The first-order valence-corrected chi connectivity index (χ1v) is 10.3. The van der Waals surface area contributed by atoms with Crippen molar-refractivity contribution in [2.24, 2.45) is 11.3 Å². The van der Waals surface area contributed by atoms with Gasteiger partial charge in [0.15, 0.2) is 0 Å². The van der Waals surface area contributed by atoms with Gasteiger partial charge in [0.05, 0.1) is 5.41 Å². The number of carbonyl (C=O) groups excluding carboxylic acids is 1. The lowest BCUT2D eigenvalue weighted by Gasteiger charge is -2.30. The summed E-state index contributed by atoms with van der Waals surface area (Å²) < 4.78 is 5.61. The van der Waals surface area contributed by atoms with Gasteiger partial charge in [0.2, 0.25) is 0 Å². The number of aliphatic carboxylic acids is 1. The summed E-state index contributed by atoms with van der Waals surface area (Å²) in [5.41, 5.74) is 3.76. The summed E-state index contributed by atoms with van der Waals surface area (Å²) in [5.74, 6) is -0.593. The van der Waals surface area contributed by atoms with E-state index in [1.165, 1.54) is 11.1 Å². The molecule has 0 saturated heterocycles. The van der Waals surface area contributed by atoms with Crippen molar-refractivity contribution in [2.75, 3.05) is 6.61 Å². The third-order valence-corrected chi connectivity index (χ3v) is 6.71. The number of carboxylic acid groups (broad SMARTS) is 1. The van der Waals surface area contributed by atoms with E-state index in [2.05, 4.69) is 29.6 Å². The maximum atomic E-state index is 12.6. The Labute approximate surface area is 171 Å². The molecule has 2 N–H and O–H groups in total. The van der Waals surface area contributed by atoms with Crippen LogP contribution in [0.1, 0.15) is 50.2 Å². The van der Waals surface area contributed by atoms with E-state index < -0.39 is 23.5 Å². The topological polar surface area (TPSA) is 75.6 Å². The Morgan fingerprint density at radius 1 is 1.10 bits per heavy atom. The van der Waals surface area contributed by atoms with E-state index in [0.29, 0.717) is 19.3 Å². The zero-order valence-corrected chi connectivity index (χ0v) is 16.9. The SMILES string of the molecule is CCC1(C(=O)O)CC(C)CC1NC(=O)OCC1c2ccccc2-c2ccccc21. The number of hydrogen-bond acceptors (Lipinski definition) is 3. The van der Waals surface area contributed by atoms with Crippen LogP contribution < -0.4 is 5.32 Å². The second kappa shape index (κ2) is 7.54. The number of amides is 1. The average molecular weight is 393 g/mol. The van der Waals surface area contributed by atoms with Crippen molar-refractivity contribution in [3.8, 4) is 11.1 Å². The normalized spacial score (nSPS) is 25.3. The van der Waals surface area contributed by atoms with Gasteiger partial charge in [-0.25, -0.2) is 4.79 Å². The first-order chi connectivity index (χ1) is 14.0. The van der Waals surface area contributed by atoms with E-state index in [1.54, 1.807) is 0 Å². The Balaban J connectivity index is 1.47. The molecule has 2 aliphatic rings. The molecule has 4 rings (SSSR count). The highest BCUT2D eigenvalue weighted by Gasteiger charge is 2.51. The van der Waals surface area contributed by atoms with Crippen LogP contribution in [0.25, 0.3) is 11.1 Å². The summed E-state index contributed by atoms with van der Waals surface area (Å²) >= 11 is 0. The molecular weight excluding hydrogens is 366 g/mol. The van der Waals surface area contributed by atoms with Crippen LogP contribution in [-0.4, -0.2) is 29.8 Å². The molecule has 1 fully saturated rings. The van der Waals surface area contributed by atoms with Crippen molar-refractivity contribution in [1.29, 1.82) is 0 Å². The zero-order chi connectivity index (χ0) is 20.6. The number of benzene rings is 2. The fourth-order valence-electron chi connectivity index (χ4n) is 5.23. The lowest BCUT2D eigenvalue weighted by atomic mass is 9.79. The fraction of sp³-hybridized carbons (Fsp3) is 0.417. The summed E-state index contributed by atoms with van der Waals surface area (Å²) in [6.07, 6.45) is 1.18. The van der Waals surface area contributed by atoms with E-state index >= 15 is 0 Å². The fourth-order valence-corrected chi connectivity index (χ4v) is 5.23. The minimum Gasteiger partial charge on any atom is -0.481 e. The molecule has 1 amide bonds. The highest BCUT2D eigenvalue weighted by molar-refractivity contribution is 5.80. The number of carboxylic acids is 1. The molecule has 0 bridgehead atoms. The van der Waals surface area contributed by atoms with Gasteiger partial charge in [-0.05, 0) is 47.4 Å². The van der Waals surface area contributed by atoms with Crippen molar-refractivity contribution in [3.05, 3.63) is 59.7 Å². The first-order valence-electron chi connectivity index (χ1n) is 10.3. The predicted octanol–water partition coefficient (Wildman–Crippen LogP) is 4.80. The quantitative estimate of drug-likeness (QED) is 0.765. The van der Waals surface area contributed by atoms with Gasteiger partial charge in [-0.3, -0.25) is 4.79 Å². The molecule has 3 atom stereocenters. The second-order valence-electron chi connectivity index (χ2n) is 8.38. The van der Waals surface area contributed by atoms with Crippen molar-refractivity contribution in [1.82, 2.24) is 5.32 Å². The van der Waals surface area contributed by atoms with E-state index in [9.17, 15) is 14.7 Å². The van der Waals surface area contributed by atoms with Crippen LogP contribution in [0.5, 0.6) is 0 Å². The van der Waals surface area contributed by atoms with E-state index in [1.807, 2.05) is 38.1 Å². The predicted molar refractivity (Wildman–Crippen MR) is 111 cm³/mol. The largest absolute Gasteiger partial charge is 0.481 e. The third kappa shape index (κ3) is 3.28. The summed E-state index contributed by atoms with van der Waals surface area (Å²) in [7, 11) is 0. The lowest BCUT2D eigenvalue weighted by Crippen LogP contribution is -2.48. The van der Waals surface area contributed by atoms with Gasteiger partial charge in [0.1, 0.15) is 6.61 Å². The van der Waals surface area contributed by atoms with Crippen LogP contribution >= 0.6 is 0 Å². The number of ether oxygens (including phenoxy) is 1. The third-order valence-electron chi connectivity index (χ3n) is 6.71. The molecule has 2 aromatic rings. The molecular formula is C24H27NO4. The summed E-state index contributed by atoms with van der Waals surface area (Å²) in [6, 6.07) is 16.0. The molecule has 0 aliphatic heterocycles. The maximum Gasteiger partial charge on any atom is 0.407 e. The molecule has 0 heterocycles.